The maximum absolute atomic E-state index is 7.40. The van der Waals surface area contributed by atoms with Crippen LogP contribution in [0.5, 0.6) is 0 Å². The van der Waals surface area contributed by atoms with Crippen molar-refractivity contribution in [3.05, 3.63) is 34.7 Å². The molecule has 0 aliphatic rings. The zero-order chi connectivity index (χ0) is 10.8. The molecular formula is C11H12N2OS. The molecule has 0 amide bonds. The first-order valence-corrected chi connectivity index (χ1v) is 5.39. The molecule has 0 saturated heterocycles. The van der Waals surface area contributed by atoms with Gasteiger partial charge in [0.1, 0.15) is 5.84 Å². The summed E-state index contributed by atoms with van der Waals surface area (Å²) in [6.45, 7) is 0.589. The molecule has 1 heterocycles. The Labute approximate surface area is 92.0 Å². The molecule has 1 aromatic heterocycles. The molecule has 2 aromatic rings. The summed E-state index contributed by atoms with van der Waals surface area (Å²) in [4.78, 5) is 0.813. The van der Waals surface area contributed by atoms with Crippen LogP contribution in [-0.4, -0.2) is 12.9 Å². The summed E-state index contributed by atoms with van der Waals surface area (Å²) < 4.78 is 6.27. The van der Waals surface area contributed by atoms with Gasteiger partial charge in [-0.2, -0.15) is 0 Å². The van der Waals surface area contributed by atoms with Crippen LogP contribution in [0.2, 0.25) is 0 Å². The summed E-state index contributed by atoms with van der Waals surface area (Å²) in [7, 11) is 1.68. The lowest BCUT2D eigenvalue weighted by atomic mass is 10.1. The molecule has 0 unspecified atom stereocenters. The van der Waals surface area contributed by atoms with Gasteiger partial charge in [0.15, 0.2) is 0 Å². The SMILES string of the molecule is COCc1cccc2sc(C(=N)N)cc12. The van der Waals surface area contributed by atoms with E-state index in [1.54, 1.807) is 18.4 Å². The van der Waals surface area contributed by atoms with Gasteiger partial charge in [-0.3, -0.25) is 5.41 Å². The van der Waals surface area contributed by atoms with Crippen molar-refractivity contribution in [2.24, 2.45) is 5.73 Å². The summed E-state index contributed by atoms with van der Waals surface area (Å²) in [5.74, 6) is 0.125. The van der Waals surface area contributed by atoms with E-state index < -0.39 is 0 Å². The fraction of sp³-hybridized carbons (Fsp3) is 0.182. The minimum Gasteiger partial charge on any atom is -0.383 e. The van der Waals surface area contributed by atoms with Gasteiger partial charge in [-0.25, -0.2) is 0 Å². The predicted octanol–water partition coefficient (Wildman–Crippen LogP) is 2.33. The van der Waals surface area contributed by atoms with Crippen LogP contribution in [0, 0.1) is 5.41 Å². The fourth-order valence-electron chi connectivity index (χ4n) is 1.54. The Balaban J connectivity index is 2.59. The largest absolute Gasteiger partial charge is 0.383 e. The van der Waals surface area contributed by atoms with Crippen molar-refractivity contribution in [3.63, 3.8) is 0 Å². The molecule has 0 aliphatic heterocycles. The van der Waals surface area contributed by atoms with Gasteiger partial charge in [-0.15, -0.1) is 11.3 Å². The number of thiophene rings is 1. The number of hydrogen-bond donors (Lipinski definition) is 2. The highest BCUT2D eigenvalue weighted by atomic mass is 32.1. The first kappa shape index (κ1) is 10.1. The van der Waals surface area contributed by atoms with Gasteiger partial charge >= 0.3 is 0 Å². The number of nitrogen functional groups attached to an aromatic ring is 1. The second-order valence-corrected chi connectivity index (χ2v) is 4.37. The second-order valence-electron chi connectivity index (χ2n) is 3.29. The van der Waals surface area contributed by atoms with Gasteiger partial charge in [0.2, 0.25) is 0 Å². The van der Waals surface area contributed by atoms with Crippen molar-refractivity contribution in [1.29, 1.82) is 5.41 Å². The van der Waals surface area contributed by atoms with Gasteiger partial charge in [0, 0.05) is 11.8 Å². The number of fused-ring (bicyclic) bond motifs is 1. The molecule has 3 N–H and O–H groups in total. The normalized spacial score (nSPS) is 10.7. The third-order valence-electron chi connectivity index (χ3n) is 2.22. The average Bonchev–Trinajstić information content (AvgIpc) is 2.63. The zero-order valence-corrected chi connectivity index (χ0v) is 9.23. The minimum atomic E-state index is 0.125. The molecule has 0 saturated carbocycles. The molecule has 78 valence electrons. The summed E-state index contributed by atoms with van der Waals surface area (Å²) in [5, 5.41) is 8.53. The quantitative estimate of drug-likeness (QED) is 0.616. The predicted molar refractivity (Wildman–Crippen MR) is 63.6 cm³/mol. The molecule has 0 radical (unpaired) electrons. The highest BCUT2D eigenvalue weighted by Gasteiger charge is 2.07. The number of methoxy groups -OCH3 is 1. The van der Waals surface area contributed by atoms with Crippen molar-refractivity contribution in [3.8, 4) is 0 Å². The summed E-state index contributed by atoms with van der Waals surface area (Å²) >= 11 is 1.54. The van der Waals surface area contributed by atoms with Crippen LogP contribution < -0.4 is 5.73 Å². The van der Waals surface area contributed by atoms with E-state index in [1.165, 1.54) is 0 Å². The fourth-order valence-corrected chi connectivity index (χ4v) is 2.51. The Morgan fingerprint density at radius 2 is 2.33 bits per heavy atom. The topological polar surface area (TPSA) is 59.1 Å². The van der Waals surface area contributed by atoms with E-state index >= 15 is 0 Å². The van der Waals surface area contributed by atoms with Crippen LogP contribution in [0.4, 0.5) is 0 Å². The molecule has 0 spiro atoms. The second kappa shape index (κ2) is 4.00. The van der Waals surface area contributed by atoms with Crippen molar-refractivity contribution in [1.82, 2.24) is 0 Å². The van der Waals surface area contributed by atoms with Gasteiger partial charge in [-0.05, 0) is 23.1 Å². The van der Waals surface area contributed by atoms with E-state index in [0.717, 1.165) is 20.5 Å². The summed E-state index contributed by atoms with van der Waals surface area (Å²) in [6.07, 6.45) is 0. The first-order valence-electron chi connectivity index (χ1n) is 4.57. The molecule has 0 fully saturated rings. The molecule has 1 aromatic carbocycles. The van der Waals surface area contributed by atoms with E-state index in [4.69, 9.17) is 15.9 Å². The van der Waals surface area contributed by atoms with Crippen LogP contribution in [0.15, 0.2) is 24.3 Å². The van der Waals surface area contributed by atoms with Crippen molar-refractivity contribution < 1.29 is 4.74 Å². The van der Waals surface area contributed by atoms with Crippen LogP contribution in [0.25, 0.3) is 10.1 Å². The highest BCUT2D eigenvalue weighted by molar-refractivity contribution is 7.20. The maximum atomic E-state index is 7.40. The molecule has 2 rings (SSSR count). The molecule has 0 bridgehead atoms. The highest BCUT2D eigenvalue weighted by Crippen LogP contribution is 2.28. The van der Waals surface area contributed by atoms with Crippen LogP contribution in [0.3, 0.4) is 0 Å². The van der Waals surface area contributed by atoms with Gasteiger partial charge in [-0.1, -0.05) is 12.1 Å². The third kappa shape index (κ3) is 1.86. The van der Waals surface area contributed by atoms with E-state index in [0.29, 0.717) is 6.61 Å². The number of rotatable bonds is 3. The lowest BCUT2D eigenvalue weighted by Gasteiger charge is -2.00. The first-order chi connectivity index (χ1) is 7.22. The number of hydrogen-bond acceptors (Lipinski definition) is 3. The summed E-state index contributed by atoms with van der Waals surface area (Å²) in [6, 6.07) is 8.02. The lowest BCUT2D eigenvalue weighted by molar-refractivity contribution is 0.186. The molecular weight excluding hydrogens is 208 g/mol. The summed E-state index contributed by atoms with van der Waals surface area (Å²) in [5.41, 5.74) is 6.60. The van der Waals surface area contributed by atoms with Crippen LogP contribution in [-0.2, 0) is 11.3 Å². The van der Waals surface area contributed by atoms with E-state index in [1.807, 2.05) is 24.3 Å². The Morgan fingerprint density at radius 3 is 3.00 bits per heavy atom. The van der Waals surface area contributed by atoms with Crippen LogP contribution >= 0.6 is 11.3 Å². The van der Waals surface area contributed by atoms with Gasteiger partial charge < -0.3 is 10.5 Å². The number of benzene rings is 1. The average molecular weight is 220 g/mol. The van der Waals surface area contributed by atoms with E-state index in [9.17, 15) is 0 Å². The Kier molecular flexibility index (Phi) is 2.70. The van der Waals surface area contributed by atoms with E-state index in [2.05, 4.69) is 0 Å². The third-order valence-corrected chi connectivity index (χ3v) is 3.35. The molecule has 3 nitrogen and oxygen atoms in total. The Morgan fingerprint density at radius 1 is 1.53 bits per heavy atom. The molecule has 4 heteroatoms. The van der Waals surface area contributed by atoms with E-state index in [-0.39, 0.29) is 5.84 Å². The zero-order valence-electron chi connectivity index (χ0n) is 8.41. The molecule has 15 heavy (non-hydrogen) atoms. The minimum absolute atomic E-state index is 0.125. The van der Waals surface area contributed by atoms with Gasteiger partial charge in [0.25, 0.3) is 0 Å². The number of nitrogens with one attached hydrogen (secondary N) is 1. The van der Waals surface area contributed by atoms with Gasteiger partial charge in [0.05, 0.1) is 11.5 Å². The number of amidine groups is 1. The molecule has 0 aliphatic carbocycles. The monoisotopic (exact) mass is 220 g/mol. The lowest BCUT2D eigenvalue weighted by Crippen LogP contribution is -2.08. The number of nitrogens with two attached hydrogens (primary N) is 1. The smallest absolute Gasteiger partial charge is 0.133 e. The van der Waals surface area contributed by atoms with Crippen molar-refractivity contribution in [2.45, 2.75) is 6.61 Å². The van der Waals surface area contributed by atoms with Crippen molar-refractivity contribution in [2.75, 3.05) is 7.11 Å². The maximum Gasteiger partial charge on any atom is 0.133 e. The Hall–Kier alpha value is -1.39. The molecule has 0 atom stereocenters. The number of ether oxygens (including phenoxy) is 1. The Bertz CT molecular complexity index is 504. The standard InChI is InChI=1S/C11H12N2OS/c1-14-6-7-3-2-4-9-8(7)5-10(15-9)11(12)13/h2-5H,6H2,1H3,(H3,12,13). The van der Waals surface area contributed by atoms with Crippen LogP contribution in [0.1, 0.15) is 10.4 Å². The van der Waals surface area contributed by atoms with Crippen molar-refractivity contribution >= 4 is 27.3 Å².